The smallest absolute Gasteiger partial charge is 0.276 e. The monoisotopic (exact) mass is 333 g/mol. The minimum atomic E-state index is -0.0860. The van der Waals surface area contributed by atoms with Crippen molar-refractivity contribution in [3.8, 4) is 11.3 Å². The predicted octanol–water partition coefficient (Wildman–Crippen LogP) is 3.19. The molecular formula is C17H20ClN3O2. The first-order valence-corrected chi connectivity index (χ1v) is 8.20. The van der Waals surface area contributed by atoms with Gasteiger partial charge in [-0.25, -0.2) is 0 Å². The Bertz CT molecular complexity index is 673. The molecule has 2 heterocycles. The first kappa shape index (κ1) is 16.0. The summed E-state index contributed by atoms with van der Waals surface area (Å²) in [5.74, 6) is 0.966. The molecule has 0 radical (unpaired) electrons. The van der Waals surface area contributed by atoms with Crippen molar-refractivity contribution in [2.24, 2.45) is 11.7 Å². The topological polar surface area (TPSA) is 72.4 Å². The van der Waals surface area contributed by atoms with Crippen LogP contribution < -0.4 is 5.73 Å². The van der Waals surface area contributed by atoms with E-state index in [1.807, 2.05) is 24.0 Å². The van der Waals surface area contributed by atoms with Crippen molar-refractivity contribution in [1.82, 2.24) is 10.1 Å². The summed E-state index contributed by atoms with van der Waals surface area (Å²) in [6, 6.07) is 9.09. The fourth-order valence-electron chi connectivity index (χ4n) is 2.92. The van der Waals surface area contributed by atoms with Crippen LogP contribution >= 0.6 is 11.6 Å². The van der Waals surface area contributed by atoms with Gasteiger partial charge in [0.05, 0.1) is 0 Å². The van der Waals surface area contributed by atoms with E-state index in [1.54, 1.807) is 18.2 Å². The lowest BCUT2D eigenvalue weighted by atomic mass is 9.91. The quantitative estimate of drug-likeness (QED) is 0.936. The van der Waals surface area contributed by atoms with E-state index in [9.17, 15) is 4.79 Å². The molecule has 1 aliphatic heterocycles. The number of rotatable bonds is 3. The molecule has 1 fully saturated rings. The summed E-state index contributed by atoms with van der Waals surface area (Å²) >= 11 is 5.87. The number of piperidine rings is 1. The number of carbonyl (C=O) groups excluding carboxylic acids is 1. The van der Waals surface area contributed by atoms with Gasteiger partial charge in [-0.2, -0.15) is 0 Å². The molecule has 1 aliphatic rings. The van der Waals surface area contributed by atoms with Crippen LogP contribution in [0, 0.1) is 5.92 Å². The van der Waals surface area contributed by atoms with Gasteiger partial charge in [0, 0.05) is 35.8 Å². The number of nitrogens with zero attached hydrogens (tertiary/aromatic N) is 2. The van der Waals surface area contributed by atoms with Crippen molar-refractivity contribution in [3.05, 3.63) is 41.0 Å². The van der Waals surface area contributed by atoms with Gasteiger partial charge in [-0.05, 0) is 49.9 Å². The van der Waals surface area contributed by atoms with Gasteiger partial charge in [-0.1, -0.05) is 16.8 Å². The van der Waals surface area contributed by atoms with Gasteiger partial charge in [-0.15, -0.1) is 0 Å². The zero-order valence-electron chi connectivity index (χ0n) is 13.0. The van der Waals surface area contributed by atoms with E-state index >= 15 is 0 Å². The first-order chi connectivity index (χ1) is 11.0. The highest BCUT2D eigenvalue weighted by Gasteiger charge is 2.27. The fourth-order valence-corrected chi connectivity index (χ4v) is 3.04. The summed E-state index contributed by atoms with van der Waals surface area (Å²) in [6.07, 6.45) is 1.87. The maximum atomic E-state index is 12.5. The zero-order chi connectivity index (χ0) is 16.4. The molecule has 1 aromatic carbocycles. The number of aromatic nitrogens is 1. The lowest BCUT2D eigenvalue weighted by Crippen LogP contribution is -2.42. The number of nitrogens with two attached hydrogens (primary N) is 1. The third-order valence-electron chi connectivity index (χ3n) is 4.43. The molecule has 122 valence electrons. The minimum absolute atomic E-state index is 0.0860. The highest BCUT2D eigenvalue weighted by Crippen LogP contribution is 2.24. The summed E-state index contributed by atoms with van der Waals surface area (Å²) in [7, 11) is 0. The van der Waals surface area contributed by atoms with Crippen molar-refractivity contribution in [3.63, 3.8) is 0 Å². The van der Waals surface area contributed by atoms with Crippen LogP contribution in [-0.2, 0) is 0 Å². The largest absolute Gasteiger partial charge is 0.355 e. The Kier molecular flexibility index (Phi) is 4.68. The lowest BCUT2D eigenvalue weighted by molar-refractivity contribution is 0.0670. The molecule has 6 heteroatoms. The summed E-state index contributed by atoms with van der Waals surface area (Å²) in [4.78, 5) is 14.3. The highest BCUT2D eigenvalue weighted by atomic mass is 35.5. The summed E-state index contributed by atoms with van der Waals surface area (Å²) in [5.41, 5.74) is 7.12. The third-order valence-corrected chi connectivity index (χ3v) is 4.68. The Hall–Kier alpha value is -1.85. The summed E-state index contributed by atoms with van der Waals surface area (Å²) < 4.78 is 5.30. The zero-order valence-corrected chi connectivity index (χ0v) is 13.8. The minimum Gasteiger partial charge on any atom is -0.355 e. The molecule has 0 aliphatic carbocycles. The van der Waals surface area contributed by atoms with Crippen molar-refractivity contribution >= 4 is 17.5 Å². The van der Waals surface area contributed by atoms with E-state index in [0.29, 0.717) is 35.5 Å². The Morgan fingerprint density at radius 3 is 2.61 bits per heavy atom. The maximum Gasteiger partial charge on any atom is 0.276 e. The lowest BCUT2D eigenvalue weighted by Gasteiger charge is -2.33. The molecule has 1 aromatic heterocycles. The number of halogens is 1. The van der Waals surface area contributed by atoms with E-state index in [0.717, 1.165) is 18.4 Å². The molecule has 0 saturated carbocycles. The van der Waals surface area contributed by atoms with Gasteiger partial charge < -0.3 is 15.2 Å². The highest BCUT2D eigenvalue weighted by molar-refractivity contribution is 6.30. The molecule has 0 bridgehead atoms. The van der Waals surface area contributed by atoms with E-state index in [-0.39, 0.29) is 11.9 Å². The Labute approximate surface area is 140 Å². The van der Waals surface area contributed by atoms with Crippen LogP contribution in [-0.4, -0.2) is 35.1 Å². The Balaban J connectivity index is 1.68. The number of likely N-dealkylation sites (tertiary alicyclic amines) is 1. The van der Waals surface area contributed by atoms with Crippen LogP contribution in [0.25, 0.3) is 11.3 Å². The van der Waals surface area contributed by atoms with Crippen LogP contribution in [0.3, 0.4) is 0 Å². The van der Waals surface area contributed by atoms with Gasteiger partial charge in [0.1, 0.15) is 0 Å². The van der Waals surface area contributed by atoms with E-state index in [1.165, 1.54) is 0 Å². The molecule has 23 heavy (non-hydrogen) atoms. The fraction of sp³-hybridized carbons (Fsp3) is 0.412. The molecule has 2 aromatic rings. The van der Waals surface area contributed by atoms with Crippen LogP contribution in [0.2, 0.25) is 5.02 Å². The molecular weight excluding hydrogens is 314 g/mol. The SMILES string of the molecule is CC(N)C1CCN(C(=O)c2cc(-c3ccc(Cl)cc3)on2)CC1. The normalized spacial score (nSPS) is 17.3. The van der Waals surface area contributed by atoms with E-state index in [2.05, 4.69) is 5.16 Å². The van der Waals surface area contributed by atoms with Crippen LogP contribution in [0.15, 0.2) is 34.9 Å². The van der Waals surface area contributed by atoms with Crippen molar-refractivity contribution in [1.29, 1.82) is 0 Å². The average molecular weight is 334 g/mol. The van der Waals surface area contributed by atoms with Crippen molar-refractivity contribution in [2.75, 3.05) is 13.1 Å². The number of amides is 1. The van der Waals surface area contributed by atoms with Gasteiger partial charge in [0.2, 0.25) is 0 Å². The second-order valence-electron chi connectivity index (χ2n) is 6.07. The predicted molar refractivity (Wildman–Crippen MR) is 89.2 cm³/mol. The molecule has 5 nitrogen and oxygen atoms in total. The average Bonchev–Trinajstić information content (AvgIpc) is 3.05. The molecule has 0 spiro atoms. The molecule has 3 rings (SSSR count). The third kappa shape index (κ3) is 3.57. The number of hydrogen-bond donors (Lipinski definition) is 1. The number of hydrogen-bond acceptors (Lipinski definition) is 4. The second kappa shape index (κ2) is 6.72. The van der Waals surface area contributed by atoms with Crippen LogP contribution in [0.1, 0.15) is 30.3 Å². The molecule has 1 unspecified atom stereocenters. The number of carbonyl (C=O) groups is 1. The summed E-state index contributed by atoms with van der Waals surface area (Å²) in [5, 5.41) is 4.57. The Morgan fingerprint density at radius 2 is 2.00 bits per heavy atom. The Morgan fingerprint density at radius 1 is 1.35 bits per heavy atom. The van der Waals surface area contributed by atoms with E-state index in [4.69, 9.17) is 21.9 Å². The van der Waals surface area contributed by atoms with Gasteiger partial charge in [0.15, 0.2) is 11.5 Å². The van der Waals surface area contributed by atoms with Crippen LogP contribution in [0.4, 0.5) is 0 Å². The first-order valence-electron chi connectivity index (χ1n) is 7.82. The maximum absolute atomic E-state index is 12.5. The summed E-state index contributed by atoms with van der Waals surface area (Å²) in [6.45, 7) is 3.46. The van der Waals surface area contributed by atoms with Gasteiger partial charge in [0.25, 0.3) is 5.91 Å². The molecule has 1 amide bonds. The van der Waals surface area contributed by atoms with E-state index < -0.39 is 0 Å². The standard InChI is InChI=1S/C17H20ClN3O2/c1-11(19)12-6-8-21(9-7-12)17(22)15-10-16(23-20-15)13-2-4-14(18)5-3-13/h2-5,10-12H,6-9,19H2,1H3. The number of benzene rings is 1. The molecule has 1 saturated heterocycles. The van der Waals surface area contributed by atoms with Crippen LogP contribution in [0.5, 0.6) is 0 Å². The molecule has 1 atom stereocenters. The van der Waals surface area contributed by atoms with Crippen molar-refractivity contribution < 1.29 is 9.32 Å². The van der Waals surface area contributed by atoms with Gasteiger partial charge in [-0.3, -0.25) is 4.79 Å². The second-order valence-corrected chi connectivity index (χ2v) is 6.51. The van der Waals surface area contributed by atoms with Crippen molar-refractivity contribution in [2.45, 2.75) is 25.8 Å². The molecule has 2 N–H and O–H groups in total. The van der Waals surface area contributed by atoms with Gasteiger partial charge >= 0.3 is 0 Å².